The van der Waals surface area contributed by atoms with E-state index in [-0.39, 0.29) is 15.3 Å². The lowest BCUT2D eigenvalue weighted by molar-refractivity contribution is 0.0969. The highest BCUT2D eigenvalue weighted by Gasteiger charge is 2.24. The highest BCUT2D eigenvalue weighted by atomic mass is 79.9. The average Bonchev–Trinajstić information content (AvgIpc) is 2.60. The molecule has 0 bridgehead atoms. The normalized spacial score (nSPS) is 11.3. The molecule has 0 saturated carbocycles. The first-order valence-electron chi connectivity index (χ1n) is 3.82. The van der Waals surface area contributed by atoms with Crippen LogP contribution in [0.15, 0.2) is 25.2 Å². The number of amides is 1. The fourth-order valence-electron chi connectivity index (χ4n) is 0.846. The molecule has 0 unspecified atom stereocenters. The molecule has 0 N–H and O–H groups in total. The first-order chi connectivity index (χ1) is 6.92. The van der Waals surface area contributed by atoms with Gasteiger partial charge in [0.1, 0.15) is 0 Å². The molecule has 1 heterocycles. The minimum Gasteiger partial charge on any atom is -0.438 e. The van der Waals surface area contributed by atoms with Crippen LogP contribution in [-0.2, 0) is 9.84 Å². The van der Waals surface area contributed by atoms with Crippen LogP contribution in [0.3, 0.4) is 0 Å². The number of halogens is 1. The van der Waals surface area contributed by atoms with Crippen molar-refractivity contribution in [2.45, 2.75) is 12.0 Å². The van der Waals surface area contributed by atoms with E-state index >= 15 is 0 Å². The van der Waals surface area contributed by atoms with Crippen molar-refractivity contribution in [3.05, 3.63) is 21.2 Å². The summed E-state index contributed by atoms with van der Waals surface area (Å²) in [5.74, 6) is -1.71. The van der Waals surface area contributed by atoms with Crippen molar-refractivity contribution < 1.29 is 17.6 Å². The number of carbonyl (C=O) groups is 1. The molecule has 0 aliphatic rings. The standard InChI is InChI=1S/C7H6BrNO5S/c1-2-15(12,13)7-4(8)3-5(14-7)6(10)9-11/h3H,2H2,1H3. The number of furan rings is 1. The Morgan fingerprint density at radius 3 is 2.67 bits per heavy atom. The van der Waals surface area contributed by atoms with E-state index in [1.165, 1.54) is 6.92 Å². The Bertz CT molecular complexity index is 503. The average molecular weight is 296 g/mol. The Kier molecular flexibility index (Phi) is 3.40. The van der Waals surface area contributed by atoms with E-state index in [1.54, 1.807) is 0 Å². The number of rotatable bonds is 3. The van der Waals surface area contributed by atoms with Gasteiger partial charge < -0.3 is 4.42 Å². The van der Waals surface area contributed by atoms with Crippen molar-refractivity contribution in [3.8, 4) is 0 Å². The van der Waals surface area contributed by atoms with Crippen LogP contribution < -0.4 is 0 Å². The SMILES string of the molecule is CCS(=O)(=O)c1oc(C(=O)N=O)cc1Br. The van der Waals surface area contributed by atoms with Gasteiger partial charge in [-0.05, 0) is 15.9 Å². The lowest BCUT2D eigenvalue weighted by Gasteiger charge is -1.95. The van der Waals surface area contributed by atoms with E-state index in [0.29, 0.717) is 0 Å². The Hall–Kier alpha value is -1.02. The molecule has 0 aromatic carbocycles. The minimum atomic E-state index is -3.56. The minimum absolute atomic E-state index is 0.108. The zero-order valence-corrected chi connectivity index (χ0v) is 9.96. The van der Waals surface area contributed by atoms with Gasteiger partial charge in [-0.2, -0.15) is 0 Å². The summed E-state index contributed by atoms with van der Waals surface area (Å²) in [6, 6.07) is 1.10. The summed E-state index contributed by atoms with van der Waals surface area (Å²) < 4.78 is 27.7. The van der Waals surface area contributed by atoms with Gasteiger partial charge in [-0.3, -0.25) is 4.79 Å². The zero-order chi connectivity index (χ0) is 11.6. The van der Waals surface area contributed by atoms with Crippen molar-refractivity contribution in [1.29, 1.82) is 0 Å². The Balaban J connectivity index is 3.30. The number of nitrogens with zero attached hydrogens (tertiary/aromatic N) is 1. The van der Waals surface area contributed by atoms with Crippen LogP contribution in [-0.4, -0.2) is 20.1 Å². The molecule has 0 spiro atoms. The van der Waals surface area contributed by atoms with Crippen LogP contribution in [0.5, 0.6) is 0 Å². The second kappa shape index (κ2) is 4.23. The van der Waals surface area contributed by atoms with Crippen molar-refractivity contribution >= 4 is 31.7 Å². The molecular formula is C7H6BrNO5S. The largest absolute Gasteiger partial charge is 0.438 e. The number of nitroso groups, excluding NO2 is 1. The Morgan fingerprint density at radius 1 is 1.60 bits per heavy atom. The molecule has 1 aromatic rings. The molecule has 0 aliphatic carbocycles. The summed E-state index contributed by atoms with van der Waals surface area (Å²) in [5, 5.41) is 1.76. The number of sulfone groups is 1. The molecule has 8 heteroatoms. The molecule has 0 radical (unpaired) electrons. The van der Waals surface area contributed by atoms with Crippen LogP contribution in [0.1, 0.15) is 17.5 Å². The maximum atomic E-state index is 11.4. The van der Waals surface area contributed by atoms with E-state index < -0.39 is 21.5 Å². The summed E-state index contributed by atoms with van der Waals surface area (Å²) in [5.41, 5.74) is 0. The number of hydrogen-bond acceptors (Lipinski definition) is 5. The first-order valence-corrected chi connectivity index (χ1v) is 6.26. The van der Waals surface area contributed by atoms with Gasteiger partial charge in [-0.15, -0.1) is 4.91 Å². The molecule has 0 saturated heterocycles. The first kappa shape index (κ1) is 12.1. The monoisotopic (exact) mass is 295 g/mol. The van der Waals surface area contributed by atoms with Gasteiger partial charge in [0.05, 0.1) is 10.2 Å². The van der Waals surface area contributed by atoms with Gasteiger partial charge in [0.2, 0.25) is 14.9 Å². The third-order valence-electron chi connectivity index (χ3n) is 1.61. The molecule has 15 heavy (non-hydrogen) atoms. The molecule has 6 nitrogen and oxygen atoms in total. The van der Waals surface area contributed by atoms with Crippen molar-refractivity contribution in [2.75, 3.05) is 5.75 Å². The second-order valence-corrected chi connectivity index (χ2v) is 5.58. The van der Waals surface area contributed by atoms with Crippen molar-refractivity contribution in [1.82, 2.24) is 0 Å². The number of carbonyl (C=O) groups excluding carboxylic acids is 1. The summed E-state index contributed by atoms with van der Waals surface area (Å²) >= 11 is 2.92. The van der Waals surface area contributed by atoms with Gasteiger partial charge >= 0.3 is 5.91 Å². The molecule has 0 fully saturated rings. The Morgan fingerprint density at radius 2 is 2.20 bits per heavy atom. The predicted octanol–water partition coefficient (Wildman–Crippen LogP) is 1.74. The van der Waals surface area contributed by atoms with Gasteiger partial charge in [0, 0.05) is 11.2 Å². The van der Waals surface area contributed by atoms with Gasteiger partial charge in [0.15, 0.2) is 5.76 Å². The van der Waals surface area contributed by atoms with Crippen LogP contribution >= 0.6 is 15.9 Å². The van der Waals surface area contributed by atoms with Crippen LogP contribution in [0, 0.1) is 4.91 Å². The molecule has 0 atom stereocenters. The van der Waals surface area contributed by atoms with Gasteiger partial charge in [-0.25, -0.2) is 8.42 Å². The summed E-state index contributed by atoms with van der Waals surface area (Å²) in [6.45, 7) is 1.43. The molecule has 1 amide bonds. The third kappa shape index (κ3) is 2.32. The maximum absolute atomic E-state index is 11.4. The quantitative estimate of drug-likeness (QED) is 0.792. The van der Waals surface area contributed by atoms with E-state index in [1.807, 2.05) is 0 Å². The maximum Gasteiger partial charge on any atom is 0.351 e. The topological polar surface area (TPSA) is 93.8 Å². The predicted molar refractivity (Wildman–Crippen MR) is 54.3 cm³/mol. The van der Waals surface area contributed by atoms with Gasteiger partial charge in [0.25, 0.3) is 0 Å². The molecular weight excluding hydrogens is 290 g/mol. The molecule has 82 valence electrons. The summed E-state index contributed by atoms with van der Waals surface area (Å²) in [6.07, 6.45) is 0. The zero-order valence-electron chi connectivity index (χ0n) is 7.56. The van der Waals surface area contributed by atoms with Crippen LogP contribution in [0.4, 0.5) is 0 Å². The van der Waals surface area contributed by atoms with Crippen LogP contribution in [0.25, 0.3) is 0 Å². The Labute approximate surface area is 93.7 Å². The lowest BCUT2D eigenvalue weighted by atomic mass is 10.4. The fourth-order valence-corrected chi connectivity index (χ4v) is 2.71. The smallest absolute Gasteiger partial charge is 0.351 e. The summed E-state index contributed by atoms with van der Waals surface area (Å²) in [4.78, 5) is 20.7. The fraction of sp³-hybridized carbons (Fsp3) is 0.286. The lowest BCUT2D eigenvalue weighted by Crippen LogP contribution is -2.02. The number of hydrogen-bond donors (Lipinski definition) is 0. The summed E-state index contributed by atoms with van der Waals surface area (Å²) in [7, 11) is -3.56. The third-order valence-corrected chi connectivity index (χ3v) is 4.09. The molecule has 0 aliphatic heterocycles. The second-order valence-electron chi connectivity index (χ2n) is 2.55. The highest BCUT2D eigenvalue weighted by molar-refractivity contribution is 9.10. The van der Waals surface area contributed by atoms with E-state index in [0.717, 1.165) is 6.07 Å². The highest BCUT2D eigenvalue weighted by Crippen LogP contribution is 2.27. The molecule has 1 rings (SSSR count). The molecule has 1 aromatic heterocycles. The van der Waals surface area contributed by atoms with Crippen molar-refractivity contribution in [3.63, 3.8) is 0 Å². The van der Waals surface area contributed by atoms with E-state index in [9.17, 15) is 18.1 Å². The van der Waals surface area contributed by atoms with Gasteiger partial charge in [-0.1, -0.05) is 6.92 Å². The van der Waals surface area contributed by atoms with Crippen molar-refractivity contribution in [2.24, 2.45) is 5.18 Å². The van der Waals surface area contributed by atoms with E-state index in [4.69, 9.17) is 4.42 Å². The van der Waals surface area contributed by atoms with E-state index in [2.05, 4.69) is 21.1 Å². The van der Waals surface area contributed by atoms with Crippen LogP contribution in [0.2, 0.25) is 0 Å².